The third-order valence-electron chi connectivity index (χ3n) is 4.25. The van der Waals surface area contributed by atoms with Gasteiger partial charge < -0.3 is 10.3 Å². The van der Waals surface area contributed by atoms with Gasteiger partial charge in [0.15, 0.2) is 0 Å². The van der Waals surface area contributed by atoms with Crippen LogP contribution < -0.4 is 11.2 Å². The van der Waals surface area contributed by atoms with Crippen LogP contribution in [0.2, 0.25) is 0 Å². The second-order valence-electron chi connectivity index (χ2n) is 5.84. The molecule has 4 rings (SSSR count). The summed E-state index contributed by atoms with van der Waals surface area (Å²) < 4.78 is 2.02. The van der Waals surface area contributed by atoms with Crippen molar-refractivity contribution in [2.75, 3.05) is 0 Å². The first-order chi connectivity index (χ1) is 11.1. The molecule has 5 nitrogen and oxygen atoms in total. The van der Waals surface area contributed by atoms with E-state index < -0.39 is 5.91 Å². The van der Waals surface area contributed by atoms with Crippen LogP contribution in [-0.4, -0.2) is 15.5 Å². The summed E-state index contributed by atoms with van der Waals surface area (Å²) >= 11 is 0. The average molecular weight is 305 g/mol. The molecule has 0 spiro atoms. The second kappa shape index (κ2) is 5.05. The largest absolute Gasteiger partial charge is 0.365 e. The number of fused-ring (bicyclic) bond motifs is 1. The first-order valence-electron chi connectivity index (χ1n) is 7.54. The van der Waals surface area contributed by atoms with Gasteiger partial charge in [0.25, 0.3) is 5.91 Å². The molecule has 2 aromatic heterocycles. The minimum absolute atomic E-state index is 0.0565. The predicted molar refractivity (Wildman–Crippen MR) is 88.2 cm³/mol. The van der Waals surface area contributed by atoms with Gasteiger partial charge in [0, 0.05) is 30.0 Å². The van der Waals surface area contributed by atoms with Crippen LogP contribution in [0.5, 0.6) is 0 Å². The van der Waals surface area contributed by atoms with Gasteiger partial charge in [-0.3, -0.25) is 14.6 Å². The van der Waals surface area contributed by atoms with Crippen LogP contribution in [0.15, 0.2) is 53.7 Å². The minimum atomic E-state index is -0.676. The predicted octanol–water partition coefficient (Wildman–Crippen LogP) is 2.50. The summed E-state index contributed by atoms with van der Waals surface area (Å²) in [5.74, 6) is -0.676. The fourth-order valence-corrected chi connectivity index (χ4v) is 2.90. The standard InChI is InChI=1S/C18H15N3O2/c19-18(23)15-10-21(13-2-3-13)16-9-12(1-4-14(16)17(15)22)11-5-7-20-8-6-11/h1,4-10,13H,2-3H2,(H2,19,23). The highest BCUT2D eigenvalue weighted by molar-refractivity contribution is 5.97. The van der Waals surface area contributed by atoms with Gasteiger partial charge in [-0.25, -0.2) is 0 Å². The number of hydrogen-bond donors (Lipinski definition) is 1. The molecule has 0 radical (unpaired) electrons. The third-order valence-corrected chi connectivity index (χ3v) is 4.25. The Balaban J connectivity index is 2.01. The number of nitrogens with two attached hydrogens (primary N) is 1. The van der Waals surface area contributed by atoms with E-state index in [0.29, 0.717) is 11.4 Å². The minimum Gasteiger partial charge on any atom is -0.365 e. The van der Waals surface area contributed by atoms with E-state index in [1.807, 2.05) is 28.8 Å². The lowest BCUT2D eigenvalue weighted by Gasteiger charge is -2.13. The van der Waals surface area contributed by atoms with Gasteiger partial charge in [0.1, 0.15) is 5.56 Å². The third kappa shape index (κ3) is 2.30. The molecule has 1 saturated carbocycles. The molecule has 0 atom stereocenters. The fourth-order valence-electron chi connectivity index (χ4n) is 2.90. The van der Waals surface area contributed by atoms with Crippen LogP contribution in [-0.2, 0) is 0 Å². The van der Waals surface area contributed by atoms with Gasteiger partial charge >= 0.3 is 0 Å². The maximum Gasteiger partial charge on any atom is 0.254 e. The highest BCUT2D eigenvalue weighted by atomic mass is 16.2. The molecule has 3 aromatic rings. The maximum atomic E-state index is 12.5. The molecule has 1 aliphatic carbocycles. The second-order valence-corrected chi connectivity index (χ2v) is 5.84. The molecule has 0 bridgehead atoms. The highest BCUT2D eigenvalue weighted by Crippen LogP contribution is 2.37. The number of hydrogen-bond acceptors (Lipinski definition) is 3. The van der Waals surface area contributed by atoms with Gasteiger partial charge in [-0.2, -0.15) is 0 Å². The number of pyridine rings is 2. The van der Waals surface area contributed by atoms with E-state index in [1.165, 1.54) is 0 Å². The molecule has 0 unspecified atom stereocenters. The fraction of sp³-hybridized carbons (Fsp3) is 0.167. The van der Waals surface area contributed by atoms with Crippen molar-refractivity contribution >= 4 is 16.8 Å². The summed E-state index contributed by atoms with van der Waals surface area (Å²) in [5.41, 5.74) is 8.01. The van der Waals surface area contributed by atoms with Crippen LogP contribution in [0.1, 0.15) is 29.2 Å². The lowest BCUT2D eigenvalue weighted by Crippen LogP contribution is -2.24. The number of carbonyl (C=O) groups is 1. The maximum absolute atomic E-state index is 12.5. The number of carbonyl (C=O) groups excluding carboxylic acids is 1. The number of benzene rings is 1. The van der Waals surface area contributed by atoms with E-state index in [1.54, 1.807) is 24.7 Å². The zero-order valence-corrected chi connectivity index (χ0v) is 12.4. The van der Waals surface area contributed by atoms with E-state index in [4.69, 9.17) is 5.73 Å². The zero-order chi connectivity index (χ0) is 16.0. The van der Waals surface area contributed by atoms with Gasteiger partial charge in [0.2, 0.25) is 5.43 Å². The monoisotopic (exact) mass is 305 g/mol. The Morgan fingerprint density at radius 3 is 2.52 bits per heavy atom. The van der Waals surface area contributed by atoms with E-state index in [2.05, 4.69) is 4.98 Å². The van der Waals surface area contributed by atoms with Crippen LogP contribution >= 0.6 is 0 Å². The van der Waals surface area contributed by atoms with Crippen molar-refractivity contribution in [2.24, 2.45) is 5.73 Å². The number of rotatable bonds is 3. The highest BCUT2D eigenvalue weighted by Gasteiger charge is 2.26. The summed E-state index contributed by atoms with van der Waals surface area (Å²) in [4.78, 5) is 28.1. The van der Waals surface area contributed by atoms with Crippen LogP contribution in [0, 0.1) is 0 Å². The molecule has 23 heavy (non-hydrogen) atoms. The molecule has 1 aromatic carbocycles. The van der Waals surface area contributed by atoms with Gasteiger partial charge in [-0.15, -0.1) is 0 Å². The Morgan fingerprint density at radius 1 is 1.13 bits per heavy atom. The lowest BCUT2D eigenvalue weighted by atomic mass is 10.0. The first-order valence-corrected chi connectivity index (χ1v) is 7.54. The van der Waals surface area contributed by atoms with Crippen molar-refractivity contribution in [2.45, 2.75) is 18.9 Å². The van der Waals surface area contributed by atoms with Crippen molar-refractivity contribution in [1.82, 2.24) is 9.55 Å². The Bertz CT molecular complexity index is 973. The van der Waals surface area contributed by atoms with Crippen LogP contribution in [0.25, 0.3) is 22.0 Å². The Kier molecular flexibility index (Phi) is 3.01. The SMILES string of the molecule is NC(=O)c1cn(C2CC2)c2cc(-c3ccncc3)ccc2c1=O. The topological polar surface area (TPSA) is 78.0 Å². The molecule has 114 valence electrons. The van der Waals surface area contributed by atoms with E-state index in [-0.39, 0.29) is 11.0 Å². The van der Waals surface area contributed by atoms with Crippen molar-refractivity contribution in [3.63, 3.8) is 0 Å². The van der Waals surface area contributed by atoms with Crippen LogP contribution in [0.4, 0.5) is 0 Å². The molecule has 2 N–H and O–H groups in total. The molecule has 1 fully saturated rings. The van der Waals surface area contributed by atoms with Crippen molar-refractivity contribution in [3.05, 3.63) is 64.7 Å². The van der Waals surface area contributed by atoms with Crippen molar-refractivity contribution < 1.29 is 4.79 Å². The van der Waals surface area contributed by atoms with Gasteiger partial charge in [-0.1, -0.05) is 6.07 Å². The average Bonchev–Trinajstić information content (AvgIpc) is 3.40. The van der Waals surface area contributed by atoms with E-state index in [0.717, 1.165) is 29.5 Å². The van der Waals surface area contributed by atoms with E-state index >= 15 is 0 Å². The quantitative estimate of drug-likeness (QED) is 0.807. The van der Waals surface area contributed by atoms with E-state index in [9.17, 15) is 9.59 Å². The molecular formula is C18H15N3O2. The molecule has 1 amide bonds. The summed E-state index contributed by atoms with van der Waals surface area (Å²) in [7, 11) is 0. The molecule has 0 saturated heterocycles. The summed E-state index contributed by atoms with van der Waals surface area (Å²) in [5, 5.41) is 0.533. The van der Waals surface area contributed by atoms with Crippen molar-refractivity contribution in [3.8, 4) is 11.1 Å². The van der Waals surface area contributed by atoms with Gasteiger partial charge in [-0.05, 0) is 48.2 Å². The number of aromatic nitrogens is 2. The number of primary amides is 1. The normalized spacial score (nSPS) is 14.1. The Morgan fingerprint density at radius 2 is 1.87 bits per heavy atom. The molecule has 2 heterocycles. The summed E-state index contributed by atoms with van der Waals surface area (Å²) in [6, 6.07) is 9.86. The number of amides is 1. The smallest absolute Gasteiger partial charge is 0.254 e. The van der Waals surface area contributed by atoms with Crippen molar-refractivity contribution in [1.29, 1.82) is 0 Å². The molecule has 5 heteroatoms. The number of nitrogens with zero attached hydrogens (tertiary/aromatic N) is 2. The molecular weight excluding hydrogens is 290 g/mol. The molecule has 1 aliphatic rings. The van der Waals surface area contributed by atoms with Crippen LogP contribution in [0.3, 0.4) is 0 Å². The first kappa shape index (κ1) is 13.7. The molecule has 0 aliphatic heterocycles. The lowest BCUT2D eigenvalue weighted by molar-refractivity contribution is 0.0999. The Hall–Kier alpha value is -2.95. The Labute approximate surface area is 132 Å². The summed E-state index contributed by atoms with van der Waals surface area (Å²) in [6.45, 7) is 0. The summed E-state index contributed by atoms with van der Waals surface area (Å²) in [6.07, 6.45) is 7.19. The van der Waals surface area contributed by atoms with Gasteiger partial charge in [0.05, 0.1) is 5.52 Å². The zero-order valence-electron chi connectivity index (χ0n) is 12.4.